The van der Waals surface area contributed by atoms with Crippen LogP contribution in [0.4, 0.5) is 5.69 Å². The molecule has 104 valence electrons. The zero-order valence-corrected chi connectivity index (χ0v) is 11.3. The number of carbonyl (C=O) groups is 1. The highest BCUT2D eigenvalue weighted by molar-refractivity contribution is 5.67. The van der Waals surface area contributed by atoms with Gasteiger partial charge in [-0.15, -0.1) is 0 Å². The average molecular weight is 263 g/mol. The van der Waals surface area contributed by atoms with E-state index < -0.39 is 5.97 Å². The number of aryl methyl sites for hydroxylation is 1. The Morgan fingerprint density at radius 1 is 1.42 bits per heavy atom. The molecule has 1 fully saturated rings. The molecule has 1 saturated heterocycles. The van der Waals surface area contributed by atoms with E-state index in [1.165, 1.54) is 5.56 Å². The number of hydrogen-bond acceptors (Lipinski definition) is 3. The molecule has 1 heterocycles. The van der Waals surface area contributed by atoms with Gasteiger partial charge in [-0.2, -0.15) is 0 Å². The minimum absolute atomic E-state index is 0.153. The molecule has 4 nitrogen and oxygen atoms in total. The number of carboxylic acid groups (broad SMARTS) is 1. The van der Waals surface area contributed by atoms with Gasteiger partial charge in [0, 0.05) is 25.4 Å². The lowest BCUT2D eigenvalue weighted by atomic mass is 10.1. The van der Waals surface area contributed by atoms with Gasteiger partial charge in [-0.3, -0.25) is 4.79 Å². The van der Waals surface area contributed by atoms with Crippen molar-refractivity contribution in [2.24, 2.45) is 0 Å². The molecule has 0 amide bonds. The fourth-order valence-corrected chi connectivity index (χ4v) is 2.35. The smallest absolute Gasteiger partial charge is 0.305 e. The van der Waals surface area contributed by atoms with Crippen LogP contribution in [0.2, 0.25) is 0 Å². The third-order valence-electron chi connectivity index (χ3n) is 3.44. The Morgan fingerprint density at radius 2 is 2.16 bits per heavy atom. The van der Waals surface area contributed by atoms with Crippen molar-refractivity contribution >= 4 is 11.7 Å². The van der Waals surface area contributed by atoms with Crippen LogP contribution in [0.3, 0.4) is 0 Å². The zero-order valence-electron chi connectivity index (χ0n) is 11.3. The van der Waals surface area contributed by atoms with Gasteiger partial charge < -0.3 is 14.7 Å². The maximum absolute atomic E-state index is 10.8. The van der Waals surface area contributed by atoms with Crippen LogP contribution in [0.5, 0.6) is 0 Å². The van der Waals surface area contributed by atoms with Crippen LogP contribution in [0.15, 0.2) is 24.3 Å². The Morgan fingerprint density at radius 3 is 2.74 bits per heavy atom. The van der Waals surface area contributed by atoms with Crippen molar-refractivity contribution in [1.29, 1.82) is 0 Å². The van der Waals surface area contributed by atoms with E-state index in [9.17, 15) is 4.79 Å². The topological polar surface area (TPSA) is 49.8 Å². The summed E-state index contributed by atoms with van der Waals surface area (Å²) in [6, 6.07) is 8.20. The second-order valence-corrected chi connectivity index (χ2v) is 5.06. The van der Waals surface area contributed by atoms with Crippen LogP contribution >= 0.6 is 0 Å². The van der Waals surface area contributed by atoms with E-state index in [1.807, 2.05) is 19.1 Å². The summed E-state index contributed by atoms with van der Waals surface area (Å²) in [6.45, 7) is 4.17. The number of aliphatic carboxylic acids is 1. The van der Waals surface area contributed by atoms with Gasteiger partial charge in [0.25, 0.3) is 0 Å². The Labute approximate surface area is 114 Å². The van der Waals surface area contributed by atoms with Crippen molar-refractivity contribution in [3.05, 3.63) is 29.8 Å². The van der Waals surface area contributed by atoms with Gasteiger partial charge in [0.2, 0.25) is 0 Å². The predicted octanol–water partition coefficient (Wildman–Crippen LogP) is 2.46. The van der Waals surface area contributed by atoms with Crippen molar-refractivity contribution in [3.63, 3.8) is 0 Å². The maximum atomic E-state index is 10.8. The fraction of sp³-hybridized carbons (Fsp3) is 0.533. The summed E-state index contributed by atoms with van der Waals surface area (Å²) >= 11 is 0. The molecule has 0 radical (unpaired) electrons. The largest absolute Gasteiger partial charge is 0.481 e. The molecule has 0 aliphatic carbocycles. The Hall–Kier alpha value is -1.55. The lowest BCUT2D eigenvalue weighted by Gasteiger charge is -2.27. The van der Waals surface area contributed by atoms with Crippen LogP contribution < -0.4 is 4.90 Å². The highest BCUT2D eigenvalue weighted by Gasteiger charge is 2.20. The molecule has 1 unspecified atom stereocenters. The minimum Gasteiger partial charge on any atom is -0.481 e. The highest BCUT2D eigenvalue weighted by Crippen LogP contribution is 2.20. The van der Waals surface area contributed by atoms with E-state index in [-0.39, 0.29) is 12.5 Å². The quantitative estimate of drug-likeness (QED) is 0.856. The lowest BCUT2D eigenvalue weighted by Crippen LogP contribution is -2.34. The van der Waals surface area contributed by atoms with E-state index in [1.54, 1.807) is 0 Å². The van der Waals surface area contributed by atoms with Gasteiger partial charge in [0.05, 0.1) is 12.5 Å². The maximum Gasteiger partial charge on any atom is 0.305 e. The van der Waals surface area contributed by atoms with Crippen LogP contribution in [-0.4, -0.2) is 36.9 Å². The number of anilines is 1. The molecule has 0 spiro atoms. The van der Waals surface area contributed by atoms with Gasteiger partial charge in [0.1, 0.15) is 0 Å². The number of hydrogen-bond donors (Lipinski definition) is 1. The lowest BCUT2D eigenvalue weighted by molar-refractivity contribution is -0.136. The first kappa shape index (κ1) is 13.9. The standard InChI is InChI=1S/C15H21NO3/c1-12-4-6-13(7-5-12)16(9-8-15(17)18)11-14-3-2-10-19-14/h4-7,14H,2-3,8-11H2,1H3,(H,17,18). The SMILES string of the molecule is Cc1ccc(N(CCC(=O)O)CC2CCCO2)cc1. The number of carboxylic acids is 1. The first-order valence-corrected chi connectivity index (χ1v) is 6.80. The molecule has 19 heavy (non-hydrogen) atoms. The second-order valence-electron chi connectivity index (χ2n) is 5.06. The molecule has 0 saturated carbocycles. The second kappa shape index (κ2) is 6.57. The van der Waals surface area contributed by atoms with Gasteiger partial charge >= 0.3 is 5.97 Å². The molecular formula is C15H21NO3. The molecule has 2 rings (SSSR count). The number of nitrogens with zero attached hydrogens (tertiary/aromatic N) is 1. The van der Waals surface area contributed by atoms with E-state index in [0.29, 0.717) is 6.54 Å². The van der Waals surface area contributed by atoms with Crippen molar-refractivity contribution in [2.75, 3.05) is 24.6 Å². The summed E-state index contributed by atoms with van der Waals surface area (Å²) < 4.78 is 5.65. The van der Waals surface area contributed by atoms with Crippen LogP contribution in [0, 0.1) is 6.92 Å². The molecule has 1 aliphatic rings. The average Bonchev–Trinajstić information content (AvgIpc) is 2.88. The number of benzene rings is 1. The molecule has 1 N–H and O–H groups in total. The van der Waals surface area contributed by atoms with Crippen molar-refractivity contribution in [1.82, 2.24) is 0 Å². The predicted molar refractivity (Wildman–Crippen MR) is 74.6 cm³/mol. The van der Waals surface area contributed by atoms with Gasteiger partial charge in [0.15, 0.2) is 0 Å². The Balaban J connectivity index is 2.03. The Kier molecular flexibility index (Phi) is 4.80. The molecule has 1 aliphatic heterocycles. The zero-order chi connectivity index (χ0) is 13.7. The minimum atomic E-state index is -0.760. The molecule has 4 heteroatoms. The van der Waals surface area contributed by atoms with E-state index in [0.717, 1.165) is 31.7 Å². The highest BCUT2D eigenvalue weighted by atomic mass is 16.5. The molecule has 0 aromatic heterocycles. The molecule has 0 bridgehead atoms. The third kappa shape index (κ3) is 4.24. The fourth-order valence-electron chi connectivity index (χ4n) is 2.35. The van der Waals surface area contributed by atoms with E-state index in [2.05, 4.69) is 17.0 Å². The molecule has 1 atom stereocenters. The summed E-state index contributed by atoms with van der Waals surface area (Å²) in [4.78, 5) is 12.9. The third-order valence-corrected chi connectivity index (χ3v) is 3.44. The van der Waals surface area contributed by atoms with Crippen LogP contribution in [0.1, 0.15) is 24.8 Å². The van der Waals surface area contributed by atoms with Gasteiger partial charge in [-0.05, 0) is 31.9 Å². The van der Waals surface area contributed by atoms with Gasteiger partial charge in [-0.1, -0.05) is 17.7 Å². The van der Waals surface area contributed by atoms with Crippen molar-refractivity contribution < 1.29 is 14.6 Å². The van der Waals surface area contributed by atoms with Crippen molar-refractivity contribution in [2.45, 2.75) is 32.3 Å². The first-order valence-electron chi connectivity index (χ1n) is 6.80. The van der Waals surface area contributed by atoms with Crippen LogP contribution in [-0.2, 0) is 9.53 Å². The number of rotatable bonds is 6. The molecule has 1 aromatic rings. The molecular weight excluding hydrogens is 242 g/mol. The summed E-state index contributed by atoms with van der Waals surface area (Å²) in [5.74, 6) is -0.760. The van der Waals surface area contributed by atoms with E-state index >= 15 is 0 Å². The summed E-state index contributed by atoms with van der Waals surface area (Å²) in [5, 5.41) is 8.86. The monoisotopic (exact) mass is 263 g/mol. The van der Waals surface area contributed by atoms with Crippen molar-refractivity contribution in [3.8, 4) is 0 Å². The molecule has 1 aromatic carbocycles. The van der Waals surface area contributed by atoms with Gasteiger partial charge in [-0.25, -0.2) is 0 Å². The normalized spacial score (nSPS) is 18.5. The summed E-state index contributed by atoms with van der Waals surface area (Å²) in [5.41, 5.74) is 2.28. The Bertz CT molecular complexity index is 410. The number of ether oxygens (including phenoxy) is 1. The summed E-state index contributed by atoms with van der Waals surface area (Å²) in [7, 11) is 0. The summed E-state index contributed by atoms with van der Waals surface area (Å²) in [6.07, 6.45) is 2.55. The van der Waals surface area contributed by atoms with Crippen LogP contribution in [0.25, 0.3) is 0 Å². The first-order chi connectivity index (χ1) is 9.15. The van der Waals surface area contributed by atoms with E-state index in [4.69, 9.17) is 9.84 Å².